The van der Waals surface area contributed by atoms with Crippen LogP contribution in [0.2, 0.25) is 0 Å². The number of rotatable bonds is 3. The molecule has 0 aromatic heterocycles. The second kappa shape index (κ2) is 2.91. The molecule has 2 fully saturated rings. The van der Waals surface area contributed by atoms with Crippen LogP contribution in [-0.4, -0.2) is 18.2 Å². The van der Waals surface area contributed by atoms with Crippen molar-refractivity contribution in [1.29, 1.82) is 0 Å². The summed E-state index contributed by atoms with van der Waals surface area (Å²) >= 11 is 0. The van der Waals surface area contributed by atoms with Crippen molar-refractivity contribution in [2.24, 2.45) is 10.8 Å². The first kappa shape index (κ1) is 10.8. The summed E-state index contributed by atoms with van der Waals surface area (Å²) < 4.78 is 5.69. The Balaban J connectivity index is 1.99. The fourth-order valence-electron chi connectivity index (χ4n) is 3.54. The molecule has 0 heterocycles. The lowest BCUT2D eigenvalue weighted by molar-refractivity contribution is -0.144. The second-order valence-corrected chi connectivity index (χ2v) is 5.47. The number of carbonyl (C=O) groups is 1. The van der Waals surface area contributed by atoms with Crippen molar-refractivity contribution >= 4 is 5.97 Å². The molecule has 90 valence electrons. The van der Waals surface area contributed by atoms with E-state index in [1.54, 1.807) is 7.11 Å². The van der Waals surface area contributed by atoms with Crippen molar-refractivity contribution < 1.29 is 14.6 Å². The first-order valence-corrected chi connectivity index (χ1v) is 5.87. The molecule has 0 bridgehead atoms. The predicted octanol–water partition coefficient (Wildman–Crippen LogP) is 2.41. The van der Waals surface area contributed by atoms with Crippen LogP contribution in [0.3, 0.4) is 0 Å². The van der Waals surface area contributed by atoms with Crippen LogP contribution in [0.15, 0.2) is 30.3 Å². The summed E-state index contributed by atoms with van der Waals surface area (Å²) in [6.07, 6.45) is 1.54. The van der Waals surface area contributed by atoms with Gasteiger partial charge in [-0.1, -0.05) is 30.3 Å². The maximum atomic E-state index is 11.3. The first-order valence-electron chi connectivity index (χ1n) is 5.87. The van der Waals surface area contributed by atoms with Crippen molar-refractivity contribution in [2.75, 3.05) is 7.11 Å². The van der Waals surface area contributed by atoms with Crippen LogP contribution < -0.4 is 0 Å². The minimum Gasteiger partial charge on any atom is -0.481 e. The second-order valence-electron chi connectivity index (χ2n) is 5.47. The van der Waals surface area contributed by atoms with Crippen LogP contribution >= 0.6 is 0 Å². The molecule has 1 aromatic carbocycles. The summed E-state index contributed by atoms with van der Waals surface area (Å²) in [5.41, 5.74) is -0.0604. The highest BCUT2D eigenvalue weighted by Gasteiger charge is 2.89. The summed E-state index contributed by atoms with van der Waals surface area (Å²) in [4.78, 5) is 11.3. The third kappa shape index (κ3) is 1.03. The fourth-order valence-corrected chi connectivity index (χ4v) is 3.54. The Morgan fingerprint density at radius 2 is 1.94 bits per heavy atom. The molecular formula is C14H16O3. The third-order valence-electron chi connectivity index (χ3n) is 4.85. The van der Waals surface area contributed by atoms with Crippen LogP contribution in [0.25, 0.3) is 0 Å². The fraction of sp³-hybridized carbons (Fsp3) is 0.500. The molecule has 3 heteroatoms. The van der Waals surface area contributed by atoms with Gasteiger partial charge in [0.2, 0.25) is 0 Å². The smallest absolute Gasteiger partial charge is 0.310 e. The molecule has 0 radical (unpaired) electrons. The van der Waals surface area contributed by atoms with Gasteiger partial charge in [-0.15, -0.1) is 0 Å². The summed E-state index contributed by atoms with van der Waals surface area (Å²) in [6.45, 7) is 1.83. The minimum atomic E-state index is -0.702. The number of carboxylic acid groups (broad SMARTS) is 1. The van der Waals surface area contributed by atoms with Gasteiger partial charge < -0.3 is 9.84 Å². The topological polar surface area (TPSA) is 46.5 Å². The highest BCUT2D eigenvalue weighted by atomic mass is 16.5. The molecule has 2 aliphatic rings. The molecule has 2 saturated carbocycles. The van der Waals surface area contributed by atoms with Crippen LogP contribution in [0.5, 0.6) is 0 Å². The van der Waals surface area contributed by atoms with Gasteiger partial charge in [0.05, 0.1) is 5.41 Å². The van der Waals surface area contributed by atoms with Gasteiger partial charge in [0.1, 0.15) is 5.60 Å². The Bertz CT molecular complexity index is 484. The van der Waals surface area contributed by atoms with E-state index in [0.717, 1.165) is 18.4 Å². The molecule has 1 N–H and O–H groups in total. The molecule has 3 atom stereocenters. The number of hydrogen-bond acceptors (Lipinski definition) is 2. The van der Waals surface area contributed by atoms with Gasteiger partial charge in [0.25, 0.3) is 0 Å². The van der Waals surface area contributed by atoms with E-state index in [1.165, 1.54) is 0 Å². The van der Waals surface area contributed by atoms with E-state index in [1.807, 2.05) is 37.3 Å². The van der Waals surface area contributed by atoms with Crippen LogP contribution in [0.1, 0.15) is 25.3 Å². The monoisotopic (exact) mass is 232 g/mol. The van der Waals surface area contributed by atoms with Gasteiger partial charge in [-0.2, -0.15) is 0 Å². The van der Waals surface area contributed by atoms with Crippen molar-refractivity contribution in [3.8, 4) is 0 Å². The molecule has 0 aliphatic heterocycles. The lowest BCUT2D eigenvalue weighted by Gasteiger charge is -2.17. The summed E-state index contributed by atoms with van der Waals surface area (Å²) in [7, 11) is 1.68. The zero-order chi connectivity index (χ0) is 12.3. The highest BCUT2D eigenvalue weighted by molar-refractivity contribution is 5.82. The number of hydrogen-bond donors (Lipinski definition) is 1. The lowest BCUT2D eigenvalue weighted by atomic mass is 9.98. The maximum absolute atomic E-state index is 11.3. The standard InChI is InChI=1S/C14H16O3/c1-12(11(15)16)8-13(12)9-14(13,17-2)10-6-4-3-5-7-10/h3-7H,8-9H2,1-2H3,(H,15,16)/t12-,13+,14+/m0/s1. The maximum Gasteiger partial charge on any atom is 0.310 e. The van der Waals surface area contributed by atoms with Gasteiger partial charge in [0, 0.05) is 12.5 Å². The Kier molecular flexibility index (Phi) is 1.84. The van der Waals surface area contributed by atoms with Gasteiger partial charge in [-0.3, -0.25) is 4.79 Å². The minimum absolute atomic E-state index is 0.179. The van der Waals surface area contributed by atoms with Crippen molar-refractivity contribution in [2.45, 2.75) is 25.4 Å². The molecule has 0 unspecified atom stereocenters. The van der Waals surface area contributed by atoms with E-state index in [-0.39, 0.29) is 11.0 Å². The molecule has 0 saturated heterocycles. The van der Waals surface area contributed by atoms with E-state index in [0.29, 0.717) is 0 Å². The highest BCUT2D eigenvalue weighted by Crippen LogP contribution is 2.87. The van der Waals surface area contributed by atoms with Gasteiger partial charge in [0.15, 0.2) is 0 Å². The number of carboxylic acids is 1. The van der Waals surface area contributed by atoms with Gasteiger partial charge >= 0.3 is 5.97 Å². The Morgan fingerprint density at radius 3 is 2.41 bits per heavy atom. The van der Waals surface area contributed by atoms with Gasteiger partial charge in [-0.25, -0.2) is 0 Å². The quantitative estimate of drug-likeness (QED) is 0.870. The van der Waals surface area contributed by atoms with Crippen molar-refractivity contribution in [3.63, 3.8) is 0 Å². The molecule has 17 heavy (non-hydrogen) atoms. The first-order chi connectivity index (χ1) is 8.02. The molecule has 3 rings (SSSR count). The van der Waals surface area contributed by atoms with Crippen molar-refractivity contribution in [3.05, 3.63) is 35.9 Å². The molecule has 1 aromatic rings. The normalized spacial score (nSPS) is 42.5. The number of ether oxygens (including phenoxy) is 1. The van der Waals surface area contributed by atoms with E-state index in [9.17, 15) is 9.90 Å². The zero-order valence-electron chi connectivity index (χ0n) is 10.1. The van der Waals surface area contributed by atoms with Crippen LogP contribution in [0, 0.1) is 10.8 Å². The molecule has 2 aliphatic carbocycles. The third-order valence-corrected chi connectivity index (χ3v) is 4.85. The molecular weight excluding hydrogens is 216 g/mol. The Morgan fingerprint density at radius 1 is 1.29 bits per heavy atom. The molecule has 0 amide bonds. The predicted molar refractivity (Wildman–Crippen MR) is 62.5 cm³/mol. The Labute approximate surface area is 100 Å². The average molecular weight is 232 g/mol. The van der Waals surface area contributed by atoms with E-state index >= 15 is 0 Å². The van der Waals surface area contributed by atoms with E-state index < -0.39 is 11.4 Å². The van der Waals surface area contributed by atoms with E-state index in [4.69, 9.17) is 4.74 Å². The SMILES string of the molecule is CO[C@@]1(c2ccccc2)C[C@@]12C[C@@]2(C)C(=O)O. The number of benzene rings is 1. The Hall–Kier alpha value is -1.35. The summed E-state index contributed by atoms with van der Waals surface area (Å²) in [5, 5.41) is 9.31. The summed E-state index contributed by atoms with van der Waals surface area (Å²) in [6, 6.07) is 9.97. The number of aliphatic carboxylic acids is 1. The van der Waals surface area contributed by atoms with Gasteiger partial charge in [-0.05, 0) is 25.3 Å². The molecule has 3 nitrogen and oxygen atoms in total. The van der Waals surface area contributed by atoms with Crippen LogP contribution in [0.4, 0.5) is 0 Å². The van der Waals surface area contributed by atoms with Crippen LogP contribution in [-0.2, 0) is 15.1 Å². The number of methoxy groups -OCH3 is 1. The zero-order valence-corrected chi connectivity index (χ0v) is 10.1. The van der Waals surface area contributed by atoms with E-state index in [2.05, 4.69) is 0 Å². The average Bonchev–Trinajstić information content (AvgIpc) is 3.18. The lowest BCUT2D eigenvalue weighted by Crippen LogP contribution is -2.21. The summed E-state index contributed by atoms with van der Waals surface area (Å²) in [5.74, 6) is -0.702. The molecule has 1 spiro atoms. The largest absolute Gasteiger partial charge is 0.481 e. The van der Waals surface area contributed by atoms with Crippen molar-refractivity contribution in [1.82, 2.24) is 0 Å².